The standard InChI is InChI=1S/C21H24ClNO2S/c1-4-19(26-15-11-9-14(22)10-12-15)20(24)23-17-13-21(2,3)25-18-8-6-5-7-16(17)18/h5-12,17,19H,4,13H2,1-3H3,(H,23,24)/t17-,19-/m0/s1. The Balaban J connectivity index is 1.74. The van der Waals surface area contributed by atoms with E-state index in [2.05, 4.69) is 19.2 Å². The Morgan fingerprint density at radius 3 is 2.65 bits per heavy atom. The van der Waals surface area contributed by atoms with Crippen LogP contribution >= 0.6 is 23.4 Å². The predicted molar refractivity (Wildman–Crippen MR) is 108 cm³/mol. The molecule has 2 aromatic rings. The molecule has 3 rings (SSSR count). The minimum absolute atomic E-state index is 0.0395. The molecule has 26 heavy (non-hydrogen) atoms. The summed E-state index contributed by atoms with van der Waals surface area (Å²) in [5.41, 5.74) is 0.740. The highest BCUT2D eigenvalue weighted by atomic mass is 35.5. The summed E-state index contributed by atoms with van der Waals surface area (Å²) in [7, 11) is 0. The van der Waals surface area contributed by atoms with Gasteiger partial charge in [0, 0.05) is 21.9 Å². The normalized spacial score (nSPS) is 19.2. The van der Waals surface area contributed by atoms with Gasteiger partial charge < -0.3 is 10.1 Å². The van der Waals surface area contributed by atoms with Crippen LogP contribution in [-0.4, -0.2) is 16.8 Å². The zero-order valence-electron chi connectivity index (χ0n) is 15.3. The van der Waals surface area contributed by atoms with Gasteiger partial charge in [0.2, 0.25) is 5.91 Å². The van der Waals surface area contributed by atoms with E-state index in [1.54, 1.807) is 11.8 Å². The van der Waals surface area contributed by atoms with Gasteiger partial charge in [-0.25, -0.2) is 0 Å². The van der Waals surface area contributed by atoms with Crippen LogP contribution in [0.1, 0.15) is 45.2 Å². The van der Waals surface area contributed by atoms with E-state index in [0.29, 0.717) is 5.02 Å². The molecule has 0 aromatic heterocycles. The summed E-state index contributed by atoms with van der Waals surface area (Å²) in [6.07, 6.45) is 1.51. The summed E-state index contributed by atoms with van der Waals surface area (Å²) in [5.74, 6) is 0.914. The zero-order chi connectivity index (χ0) is 18.7. The lowest BCUT2D eigenvalue weighted by atomic mass is 9.89. The molecule has 0 saturated carbocycles. The fourth-order valence-electron chi connectivity index (χ4n) is 3.20. The summed E-state index contributed by atoms with van der Waals surface area (Å²) in [6, 6.07) is 15.5. The average molecular weight is 390 g/mol. The number of ether oxygens (including phenoxy) is 1. The van der Waals surface area contributed by atoms with Gasteiger partial charge in [0.15, 0.2) is 0 Å². The second kappa shape index (κ2) is 7.93. The minimum Gasteiger partial charge on any atom is -0.487 e. The number of hydrogen-bond donors (Lipinski definition) is 1. The Hall–Kier alpha value is -1.65. The molecule has 2 aromatic carbocycles. The zero-order valence-corrected chi connectivity index (χ0v) is 16.9. The van der Waals surface area contributed by atoms with E-state index in [1.165, 1.54) is 0 Å². The maximum Gasteiger partial charge on any atom is 0.233 e. The highest BCUT2D eigenvalue weighted by Crippen LogP contribution is 2.39. The van der Waals surface area contributed by atoms with Crippen molar-refractivity contribution in [3.8, 4) is 5.75 Å². The van der Waals surface area contributed by atoms with Gasteiger partial charge in [-0.1, -0.05) is 36.7 Å². The van der Waals surface area contributed by atoms with E-state index >= 15 is 0 Å². The number of amides is 1. The van der Waals surface area contributed by atoms with Gasteiger partial charge in [0.05, 0.1) is 11.3 Å². The average Bonchev–Trinajstić information content (AvgIpc) is 2.60. The van der Waals surface area contributed by atoms with Gasteiger partial charge in [-0.05, 0) is 50.6 Å². The molecular weight excluding hydrogens is 366 g/mol. The molecule has 0 saturated heterocycles. The molecule has 1 N–H and O–H groups in total. The number of carbonyl (C=O) groups excluding carboxylic acids is 1. The molecule has 138 valence electrons. The molecule has 3 nitrogen and oxygen atoms in total. The van der Waals surface area contributed by atoms with Crippen LogP contribution in [0.25, 0.3) is 0 Å². The highest BCUT2D eigenvalue weighted by Gasteiger charge is 2.35. The van der Waals surface area contributed by atoms with Gasteiger partial charge in [-0.3, -0.25) is 4.79 Å². The number of rotatable bonds is 5. The fraction of sp³-hybridized carbons (Fsp3) is 0.381. The maximum atomic E-state index is 12.9. The van der Waals surface area contributed by atoms with E-state index in [9.17, 15) is 4.79 Å². The molecule has 0 radical (unpaired) electrons. The number of nitrogens with one attached hydrogen (secondary N) is 1. The number of halogens is 1. The summed E-state index contributed by atoms with van der Waals surface area (Å²) >= 11 is 7.52. The molecule has 0 spiro atoms. The second-order valence-electron chi connectivity index (χ2n) is 7.13. The van der Waals surface area contributed by atoms with Crippen molar-refractivity contribution in [2.24, 2.45) is 0 Å². The van der Waals surface area contributed by atoms with E-state index in [-0.39, 0.29) is 22.8 Å². The van der Waals surface area contributed by atoms with Crippen LogP contribution in [0.4, 0.5) is 0 Å². The number of para-hydroxylation sites is 1. The molecule has 2 atom stereocenters. The van der Waals surface area contributed by atoms with E-state index in [0.717, 1.165) is 29.1 Å². The lowest BCUT2D eigenvalue weighted by Crippen LogP contribution is -2.43. The van der Waals surface area contributed by atoms with Crippen molar-refractivity contribution in [1.82, 2.24) is 5.32 Å². The summed E-state index contributed by atoms with van der Waals surface area (Å²) in [4.78, 5) is 14.0. The topological polar surface area (TPSA) is 38.3 Å². The molecule has 0 fully saturated rings. The maximum absolute atomic E-state index is 12.9. The van der Waals surface area contributed by atoms with Crippen molar-refractivity contribution >= 4 is 29.3 Å². The Morgan fingerprint density at radius 1 is 1.27 bits per heavy atom. The van der Waals surface area contributed by atoms with Crippen molar-refractivity contribution in [2.45, 2.75) is 55.4 Å². The fourth-order valence-corrected chi connectivity index (χ4v) is 4.28. The molecular formula is C21H24ClNO2S. The molecule has 1 heterocycles. The third-order valence-corrected chi connectivity index (χ3v) is 6.08. The number of hydrogen-bond acceptors (Lipinski definition) is 3. The van der Waals surface area contributed by atoms with Crippen molar-refractivity contribution in [3.05, 3.63) is 59.1 Å². The largest absolute Gasteiger partial charge is 0.487 e. The second-order valence-corrected chi connectivity index (χ2v) is 8.85. The molecule has 0 aliphatic carbocycles. The summed E-state index contributed by atoms with van der Waals surface area (Å²) in [5, 5.41) is 3.81. The van der Waals surface area contributed by atoms with Gasteiger partial charge in [-0.2, -0.15) is 0 Å². The molecule has 1 aliphatic rings. The number of carbonyl (C=O) groups is 1. The lowest BCUT2D eigenvalue weighted by molar-refractivity contribution is -0.121. The van der Waals surface area contributed by atoms with Crippen LogP contribution in [0.15, 0.2) is 53.4 Å². The van der Waals surface area contributed by atoms with Crippen LogP contribution < -0.4 is 10.1 Å². The monoisotopic (exact) mass is 389 g/mol. The van der Waals surface area contributed by atoms with Crippen LogP contribution in [0, 0.1) is 0 Å². The summed E-state index contributed by atoms with van der Waals surface area (Å²) in [6.45, 7) is 6.15. The van der Waals surface area contributed by atoms with Crippen LogP contribution in [-0.2, 0) is 4.79 Å². The van der Waals surface area contributed by atoms with E-state index in [4.69, 9.17) is 16.3 Å². The Labute approximate surface area is 164 Å². The van der Waals surface area contributed by atoms with E-state index in [1.807, 2.05) is 55.5 Å². The first-order valence-corrected chi connectivity index (χ1v) is 10.1. The highest BCUT2D eigenvalue weighted by molar-refractivity contribution is 8.00. The number of fused-ring (bicyclic) bond motifs is 1. The van der Waals surface area contributed by atoms with Gasteiger partial charge >= 0.3 is 0 Å². The summed E-state index contributed by atoms with van der Waals surface area (Å²) < 4.78 is 6.06. The number of benzene rings is 2. The van der Waals surface area contributed by atoms with Crippen molar-refractivity contribution in [2.75, 3.05) is 0 Å². The molecule has 1 amide bonds. The van der Waals surface area contributed by atoms with Gasteiger partial charge in [0.1, 0.15) is 11.4 Å². The Morgan fingerprint density at radius 2 is 1.96 bits per heavy atom. The molecule has 0 unspecified atom stereocenters. The first-order valence-electron chi connectivity index (χ1n) is 8.88. The predicted octanol–water partition coefficient (Wildman–Crippen LogP) is 5.63. The van der Waals surface area contributed by atoms with Crippen LogP contribution in [0.5, 0.6) is 5.75 Å². The third kappa shape index (κ3) is 4.54. The number of thioether (sulfide) groups is 1. The molecule has 1 aliphatic heterocycles. The Bertz CT molecular complexity index is 776. The van der Waals surface area contributed by atoms with Crippen molar-refractivity contribution < 1.29 is 9.53 Å². The van der Waals surface area contributed by atoms with Crippen LogP contribution in [0.2, 0.25) is 5.02 Å². The van der Waals surface area contributed by atoms with Gasteiger partial charge in [-0.15, -0.1) is 11.8 Å². The third-order valence-electron chi connectivity index (χ3n) is 4.45. The van der Waals surface area contributed by atoms with Gasteiger partial charge in [0.25, 0.3) is 0 Å². The van der Waals surface area contributed by atoms with E-state index < -0.39 is 0 Å². The Kier molecular flexibility index (Phi) is 5.83. The first kappa shape index (κ1) is 19.1. The van der Waals surface area contributed by atoms with Crippen LogP contribution in [0.3, 0.4) is 0 Å². The smallest absolute Gasteiger partial charge is 0.233 e. The lowest BCUT2D eigenvalue weighted by Gasteiger charge is -2.38. The quantitative estimate of drug-likeness (QED) is 0.673. The minimum atomic E-state index is -0.308. The molecule has 5 heteroatoms. The van der Waals surface area contributed by atoms with Crippen molar-refractivity contribution in [1.29, 1.82) is 0 Å². The van der Waals surface area contributed by atoms with Crippen molar-refractivity contribution in [3.63, 3.8) is 0 Å². The molecule has 0 bridgehead atoms. The first-order chi connectivity index (χ1) is 12.4. The SMILES string of the molecule is CC[C@H](Sc1ccc(Cl)cc1)C(=O)N[C@H]1CC(C)(C)Oc2ccccc21.